The molecular formula is C15H22N2O2. The zero-order valence-electron chi connectivity index (χ0n) is 11.9. The van der Waals surface area contributed by atoms with Gasteiger partial charge in [0.05, 0.1) is 0 Å². The number of amides is 1. The van der Waals surface area contributed by atoms with Crippen molar-refractivity contribution in [3.63, 3.8) is 0 Å². The predicted octanol–water partition coefficient (Wildman–Crippen LogP) is 2.44. The molecule has 0 saturated carbocycles. The maximum Gasteiger partial charge on any atom is 0.410 e. The summed E-state index contributed by atoms with van der Waals surface area (Å²) in [5.74, 6) is 0. The molecular weight excluding hydrogens is 240 g/mol. The van der Waals surface area contributed by atoms with Gasteiger partial charge in [0.15, 0.2) is 0 Å². The van der Waals surface area contributed by atoms with Gasteiger partial charge in [-0.3, -0.25) is 0 Å². The Labute approximate surface area is 114 Å². The topological polar surface area (TPSA) is 55.6 Å². The zero-order valence-corrected chi connectivity index (χ0v) is 11.9. The van der Waals surface area contributed by atoms with E-state index in [4.69, 9.17) is 10.5 Å². The van der Waals surface area contributed by atoms with E-state index in [0.29, 0.717) is 19.6 Å². The third kappa shape index (κ3) is 3.26. The molecule has 1 aliphatic rings. The lowest BCUT2D eigenvalue weighted by Crippen LogP contribution is -2.40. The minimum atomic E-state index is -0.454. The summed E-state index contributed by atoms with van der Waals surface area (Å²) in [6, 6.07) is 6.17. The van der Waals surface area contributed by atoms with Crippen molar-refractivity contribution in [3.05, 3.63) is 34.9 Å². The minimum absolute atomic E-state index is 0.245. The highest BCUT2D eigenvalue weighted by Gasteiger charge is 2.26. The van der Waals surface area contributed by atoms with E-state index in [1.165, 1.54) is 11.1 Å². The summed E-state index contributed by atoms with van der Waals surface area (Å²) >= 11 is 0. The maximum absolute atomic E-state index is 12.1. The van der Waals surface area contributed by atoms with Gasteiger partial charge in [-0.2, -0.15) is 0 Å². The minimum Gasteiger partial charge on any atom is -0.444 e. The first-order valence-electron chi connectivity index (χ1n) is 6.68. The Morgan fingerprint density at radius 3 is 2.79 bits per heavy atom. The van der Waals surface area contributed by atoms with Crippen LogP contribution in [0.25, 0.3) is 0 Å². The highest BCUT2D eigenvalue weighted by atomic mass is 16.6. The molecule has 1 aromatic rings. The molecule has 104 valence electrons. The van der Waals surface area contributed by atoms with Gasteiger partial charge in [0, 0.05) is 19.6 Å². The molecule has 1 amide bonds. The summed E-state index contributed by atoms with van der Waals surface area (Å²) in [6.07, 6.45) is 0.618. The van der Waals surface area contributed by atoms with E-state index in [9.17, 15) is 4.79 Å². The largest absolute Gasteiger partial charge is 0.444 e. The van der Waals surface area contributed by atoms with E-state index in [2.05, 4.69) is 6.07 Å². The van der Waals surface area contributed by atoms with E-state index in [1.54, 1.807) is 4.90 Å². The van der Waals surface area contributed by atoms with Crippen molar-refractivity contribution in [1.29, 1.82) is 0 Å². The Bertz CT molecular complexity index is 463. The lowest BCUT2D eigenvalue weighted by Gasteiger charge is -2.32. The van der Waals surface area contributed by atoms with E-state index in [0.717, 1.165) is 12.0 Å². The quantitative estimate of drug-likeness (QED) is 0.845. The lowest BCUT2D eigenvalue weighted by atomic mass is 9.95. The molecule has 19 heavy (non-hydrogen) atoms. The molecule has 0 bridgehead atoms. The van der Waals surface area contributed by atoms with E-state index in [1.807, 2.05) is 32.9 Å². The summed E-state index contributed by atoms with van der Waals surface area (Å²) in [5.41, 5.74) is 8.90. The molecule has 0 unspecified atom stereocenters. The second-order valence-corrected chi connectivity index (χ2v) is 5.91. The van der Waals surface area contributed by atoms with Crippen LogP contribution in [-0.4, -0.2) is 23.1 Å². The molecule has 0 saturated heterocycles. The SMILES string of the molecule is CC(C)(C)OC(=O)N1CCc2cccc(CN)c2C1. The average molecular weight is 262 g/mol. The van der Waals surface area contributed by atoms with Gasteiger partial charge in [-0.15, -0.1) is 0 Å². The van der Waals surface area contributed by atoms with Gasteiger partial charge in [0.25, 0.3) is 0 Å². The first-order valence-corrected chi connectivity index (χ1v) is 6.68. The Morgan fingerprint density at radius 1 is 1.42 bits per heavy atom. The highest BCUT2D eigenvalue weighted by molar-refractivity contribution is 5.68. The first kappa shape index (κ1) is 13.9. The molecule has 0 aromatic heterocycles. The van der Waals surface area contributed by atoms with Crippen LogP contribution in [-0.2, 0) is 24.2 Å². The summed E-state index contributed by atoms with van der Waals surface area (Å²) in [6.45, 7) is 7.45. The summed E-state index contributed by atoms with van der Waals surface area (Å²) < 4.78 is 5.42. The van der Waals surface area contributed by atoms with Crippen LogP contribution in [0.15, 0.2) is 18.2 Å². The Balaban J connectivity index is 2.15. The molecule has 4 heteroatoms. The first-order chi connectivity index (χ1) is 8.90. The molecule has 1 aliphatic heterocycles. The number of nitrogens with two attached hydrogens (primary N) is 1. The van der Waals surface area contributed by atoms with Gasteiger partial charge in [-0.25, -0.2) is 4.79 Å². The Morgan fingerprint density at radius 2 is 2.16 bits per heavy atom. The van der Waals surface area contributed by atoms with Gasteiger partial charge >= 0.3 is 6.09 Å². The normalized spacial score (nSPS) is 15.1. The third-order valence-electron chi connectivity index (χ3n) is 3.24. The molecule has 1 aromatic carbocycles. The maximum atomic E-state index is 12.1. The predicted molar refractivity (Wildman–Crippen MR) is 74.7 cm³/mol. The summed E-state index contributed by atoms with van der Waals surface area (Å²) in [7, 11) is 0. The van der Waals surface area contributed by atoms with Crippen LogP contribution < -0.4 is 5.73 Å². The number of carbonyl (C=O) groups excluding carboxylic acids is 1. The fraction of sp³-hybridized carbons (Fsp3) is 0.533. The van der Waals surface area contributed by atoms with Crippen molar-refractivity contribution < 1.29 is 9.53 Å². The van der Waals surface area contributed by atoms with Crippen molar-refractivity contribution >= 4 is 6.09 Å². The monoisotopic (exact) mass is 262 g/mol. The number of carbonyl (C=O) groups is 1. The molecule has 0 fully saturated rings. The van der Waals surface area contributed by atoms with Crippen LogP contribution in [0.2, 0.25) is 0 Å². The zero-order chi connectivity index (χ0) is 14.0. The fourth-order valence-electron chi connectivity index (χ4n) is 2.32. The van der Waals surface area contributed by atoms with Gasteiger partial charge in [0.1, 0.15) is 5.60 Å². The number of rotatable bonds is 1. The third-order valence-corrected chi connectivity index (χ3v) is 3.24. The van der Waals surface area contributed by atoms with Gasteiger partial charge in [-0.05, 0) is 43.9 Å². The van der Waals surface area contributed by atoms with Crippen LogP contribution in [0, 0.1) is 0 Å². The van der Waals surface area contributed by atoms with Gasteiger partial charge < -0.3 is 15.4 Å². The molecule has 0 atom stereocenters. The average Bonchev–Trinajstić information content (AvgIpc) is 2.35. The standard InChI is InChI=1S/C15H22N2O2/c1-15(2,3)19-14(18)17-8-7-11-5-4-6-12(9-16)13(11)10-17/h4-6H,7-10,16H2,1-3H3. The van der Waals surface area contributed by atoms with Crippen LogP contribution in [0.1, 0.15) is 37.5 Å². The molecule has 1 heterocycles. The number of benzene rings is 1. The lowest BCUT2D eigenvalue weighted by molar-refractivity contribution is 0.0223. The smallest absolute Gasteiger partial charge is 0.410 e. The van der Waals surface area contributed by atoms with Crippen molar-refractivity contribution in [2.45, 2.75) is 45.9 Å². The van der Waals surface area contributed by atoms with Crippen molar-refractivity contribution in [3.8, 4) is 0 Å². The molecule has 2 rings (SSSR count). The number of fused-ring (bicyclic) bond motifs is 1. The molecule has 0 spiro atoms. The van der Waals surface area contributed by atoms with Crippen LogP contribution >= 0.6 is 0 Å². The number of hydrogen-bond acceptors (Lipinski definition) is 3. The number of hydrogen-bond donors (Lipinski definition) is 1. The van der Waals surface area contributed by atoms with Crippen molar-refractivity contribution in [2.24, 2.45) is 5.73 Å². The summed E-state index contributed by atoms with van der Waals surface area (Å²) in [5, 5.41) is 0. The molecule has 0 aliphatic carbocycles. The fourth-order valence-corrected chi connectivity index (χ4v) is 2.32. The van der Waals surface area contributed by atoms with Gasteiger partial charge in [-0.1, -0.05) is 18.2 Å². The number of ether oxygens (including phenoxy) is 1. The van der Waals surface area contributed by atoms with Crippen LogP contribution in [0.5, 0.6) is 0 Å². The van der Waals surface area contributed by atoms with Crippen LogP contribution in [0.3, 0.4) is 0 Å². The molecule has 2 N–H and O–H groups in total. The van der Waals surface area contributed by atoms with E-state index < -0.39 is 5.60 Å². The highest BCUT2D eigenvalue weighted by Crippen LogP contribution is 2.23. The van der Waals surface area contributed by atoms with Crippen LogP contribution in [0.4, 0.5) is 4.79 Å². The van der Waals surface area contributed by atoms with E-state index >= 15 is 0 Å². The van der Waals surface area contributed by atoms with Crippen molar-refractivity contribution in [1.82, 2.24) is 4.90 Å². The second kappa shape index (κ2) is 5.21. The Kier molecular flexibility index (Phi) is 3.80. The van der Waals surface area contributed by atoms with Crippen molar-refractivity contribution in [2.75, 3.05) is 6.54 Å². The second-order valence-electron chi connectivity index (χ2n) is 5.91. The molecule has 4 nitrogen and oxygen atoms in total. The Hall–Kier alpha value is -1.55. The van der Waals surface area contributed by atoms with Gasteiger partial charge in [0.2, 0.25) is 0 Å². The molecule has 0 radical (unpaired) electrons. The number of nitrogens with zero attached hydrogens (tertiary/aromatic N) is 1. The summed E-state index contributed by atoms with van der Waals surface area (Å²) in [4.78, 5) is 13.9. The van der Waals surface area contributed by atoms with E-state index in [-0.39, 0.29) is 6.09 Å².